The van der Waals surface area contributed by atoms with Crippen molar-refractivity contribution in [3.8, 4) is 0 Å². The lowest BCUT2D eigenvalue weighted by Crippen LogP contribution is -2.57. The molecule has 0 spiro atoms. The number of rotatable bonds is 22. The smallest absolute Gasteiger partial charge is 0.242 e. The molecule has 8 fully saturated rings. The number of amides is 4. The third-order valence-electron chi connectivity index (χ3n) is 15.2. The third kappa shape index (κ3) is 11.0. The standard InChI is InChI=1S/C46H73N7O4/c47-12-6-4-10-39(49)43(56)52-40(11-5-7-13-48)44(57)51-38(20-31-8-2-1-3-9-31)28-53(42(55)27-45-21-32-14-33(22-45)16-34(15-32)23-45)29-41(54)50-30-46-24-35-17-36(25-46)19-37(18-35)26-46/h1-3,8-9,32-40H,4-7,10-30,47-49H2,(H,50,54)(H,51,57)(H,52,56)/t32?,33?,34?,35?,36?,37?,38-,39-,40-,45?,46?/m0/s1. The van der Waals surface area contributed by atoms with E-state index in [1.165, 1.54) is 57.8 Å². The number of nitrogens with zero attached hydrogens (tertiary/aromatic N) is 1. The Kier molecular flexibility index (Phi) is 14.0. The average Bonchev–Trinajstić information content (AvgIpc) is 3.15. The molecule has 0 aliphatic heterocycles. The molecule has 316 valence electrons. The topological polar surface area (TPSA) is 186 Å². The maximum Gasteiger partial charge on any atom is 0.242 e. The van der Waals surface area contributed by atoms with E-state index in [1.807, 2.05) is 30.3 Å². The van der Waals surface area contributed by atoms with Gasteiger partial charge < -0.3 is 38.1 Å². The first-order chi connectivity index (χ1) is 27.5. The second-order valence-corrected chi connectivity index (χ2v) is 20.2. The van der Waals surface area contributed by atoms with Crippen LogP contribution in [0.25, 0.3) is 0 Å². The van der Waals surface area contributed by atoms with E-state index >= 15 is 0 Å². The van der Waals surface area contributed by atoms with Crippen molar-refractivity contribution in [2.75, 3.05) is 32.7 Å². The lowest BCUT2D eigenvalue weighted by molar-refractivity contribution is -0.143. The highest BCUT2D eigenvalue weighted by molar-refractivity contribution is 5.90. The zero-order chi connectivity index (χ0) is 40.0. The zero-order valence-electron chi connectivity index (χ0n) is 34.6. The van der Waals surface area contributed by atoms with Crippen molar-refractivity contribution in [2.45, 2.75) is 147 Å². The van der Waals surface area contributed by atoms with Gasteiger partial charge in [-0.1, -0.05) is 36.8 Å². The molecule has 0 unspecified atom stereocenters. The van der Waals surface area contributed by atoms with Crippen molar-refractivity contribution >= 4 is 23.6 Å². The molecule has 8 saturated carbocycles. The van der Waals surface area contributed by atoms with Gasteiger partial charge in [0.1, 0.15) is 6.04 Å². The predicted molar refractivity (Wildman–Crippen MR) is 223 cm³/mol. The molecule has 1 aromatic rings. The van der Waals surface area contributed by atoms with Gasteiger partial charge in [-0.3, -0.25) is 19.2 Å². The fraction of sp³-hybridized carbons (Fsp3) is 0.783. The summed E-state index contributed by atoms with van der Waals surface area (Å²) < 4.78 is 0. The van der Waals surface area contributed by atoms with E-state index in [4.69, 9.17) is 17.2 Å². The molecular formula is C46H73N7O4. The van der Waals surface area contributed by atoms with Crippen LogP contribution < -0.4 is 33.2 Å². The Morgan fingerprint density at radius 3 is 1.75 bits per heavy atom. The summed E-state index contributed by atoms with van der Waals surface area (Å²) in [5.41, 5.74) is 18.9. The van der Waals surface area contributed by atoms with Gasteiger partial charge in [-0.2, -0.15) is 0 Å². The van der Waals surface area contributed by atoms with E-state index in [0.29, 0.717) is 69.5 Å². The summed E-state index contributed by atoms with van der Waals surface area (Å²) in [6, 6.07) is 7.95. The van der Waals surface area contributed by atoms with E-state index in [0.717, 1.165) is 61.8 Å². The van der Waals surface area contributed by atoms with Crippen molar-refractivity contribution in [3.63, 3.8) is 0 Å². The van der Waals surface area contributed by atoms with Crippen LogP contribution in [0, 0.1) is 46.3 Å². The summed E-state index contributed by atoms with van der Waals surface area (Å²) >= 11 is 0. The molecule has 9 rings (SSSR count). The quantitative estimate of drug-likeness (QED) is 0.0931. The monoisotopic (exact) mass is 788 g/mol. The van der Waals surface area contributed by atoms with Gasteiger partial charge in [0.15, 0.2) is 0 Å². The normalized spacial score (nSPS) is 32.1. The van der Waals surface area contributed by atoms with Crippen molar-refractivity contribution < 1.29 is 19.2 Å². The first-order valence-corrected chi connectivity index (χ1v) is 22.9. The van der Waals surface area contributed by atoms with Crippen LogP contribution in [0.3, 0.4) is 0 Å². The van der Waals surface area contributed by atoms with Gasteiger partial charge in [0, 0.05) is 19.5 Å². The molecule has 0 radical (unpaired) electrons. The fourth-order valence-electron chi connectivity index (χ4n) is 13.5. The number of carbonyl (C=O) groups excluding carboxylic acids is 4. The largest absolute Gasteiger partial charge is 0.354 e. The van der Waals surface area contributed by atoms with Crippen LogP contribution >= 0.6 is 0 Å². The van der Waals surface area contributed by atoms with E-state index < -0.39 is 18.1 Å². The first kappa shape index (κ1) is 42.1. The summed E-state index contributed by atoms with van der Waals surface area (Å²) in [6.07, 6.45) is 19.7. The number of nitrogens with one attached hydrogen (secondary N) is 3. The molecular weight excluding hydrogens is 715 g/mol. The van der Waals surface area contributed by atoms with Crippen LogP contribution in [-0.4, -0.2) is 79.4 Å². The van der Waals surface area contributed by atoms with Crippen molar-refractivity contribution in [1.29, 1.82) is 0 Å². The molecule has 9 N–H and O–H groups in total. The second-order valence-electron chi connectivity index (χ2n) is 20.2. The maximum atomic E-state index is 14.7. The van der Waals surface area contributed by atoms with Crippen LogP contribution in [0.2, 0.25) is 0 Å². The van der Waals surface area contributed by atoms with E-state index in [-0.39, 0.29) is 47.5 Å². The van der Waals surface area contributed by atoms with Gasteiger partial charge in [0.25, 0.3) is 0 Å². The first-order valence-electron chi connectivity index (χ1n) is 22.9. The van der Waals surface area contributed by atoms with Crippen molar-refractivity contribution in [1.82, 2.24) is 20.9 Å². The Hall–Kier alpha value is -3.02. The summed E-state index contributed by atoms with van der Waals surface area (Å²) in [6.45, 7) is 1.90. The summed E-state index contributed by atoms with van der Waals surface area (Å²) in [7, 11) is 0. The molecule has 57 heavy (non-hydrogen) atoms. The Morgan fingerprint density at radius 1 is 0.684 bits per heavy atom. The molecule has 11 heteroatoms. The Morgan fingerprint density at radius 2 is 1.21 bits per heavy atom. The molecule has 8 bridgehead atoms. The van der Waals surface area contributed by atoms with E-state index in [2.05, 4.69) is 16.0 Å². The molecule has 8 aliphatic carbocycles. The van der Waals surface area contributed by atoms with Gasteiger partial charge in [0.2, 0.25) is 23.6 Å². The van der Waals surface area contributed by atoms with Gasteiger partial charge in [0.05, 0.1) is 18.6 Å². The summed E-state index contributed by atoms with van der Waals surface area (Å²) in [4.78, 5) is 58.0. The number of nitrogens with two attached hydrogens (primary N) is 3. The highest BCUT2D eigenvalue weighted by atomic mass is 16.2. The van der Waals surface area contributed by atoms with Gasteiger partial charge in [-0.15, -0.1) is 0 Å². The summed E-state index contributed by atoms with van der Waals surface area (Å²) in [5.74, 6) is 3.77. The number of benzene rings is 1. The molecule has 0 aromatic heterocycles. The van der Waals surface area contributed by atoms with Crippen LogP contribution in [0.15, 0.2) is 30.3 Å². The van der Waals surface area contributed by atoms with Gasteiger partial charge in [-0.05, 0) is 181 Å². The van der Waals surface area contributed by atoms with Crippen LogP contribution in [0.1, 0.15) is 128 Å². The van der Waals surface area contributed by atoms with Crippen molar-refractivity contribution in [3.05, 3.63) is 35.9 Å². The molecule has 0 saturated heterocycles. The lowest BCUT2D eigenvalue weighted by Gasteiger charge is -2.57. The number of hydrogen-bond acceptors (Lipinski definition) is 7. The number of unbranched alkanes of at least 4 members (excludes halogenated alkanes) is 2. The second kappa shape index (κ2) is 18.9. The number of carbonyl (C=O) groups is 4. The van der Waals surface area contributed by atoms with Crippen LogP contribution in [0.5, 0.6) is 0 Å². The Balaban J connectivity index is 1.08. The average molecular weight is 788 g/mol. The molecule has 3 atom stereocenters. The van der Waals surface area contributed by atoms with Gasteiger partial charge >= 0.3 is 0 Å². The molecule has 4 amide bonds. The van der Waals surface area contributed by atoms with Crippen LogP contribution in [-0.2, 0) is 25.6 Å². The molecule has 11 nitrogen and oxygen atoms in total. The minimum atomic E-state index is -0.803. The fourth-order valence-corrected chi connectivity index (χ4v) is 13.5. The Bertz CT molecular complexity index is 1460. The molecule has 1 aromatic carbocycles. The van der Waals surface area contributed by atoms with Gasteiger partial charge in [-0.25, -0.2) is 0 Å². The van der Waals surface area contributed by atoms with Crippen molar-refractivity contribution in [2.24, 2.45) is 63.5 Å². The Labute approximate surface area is 341 Å². The predicted octanol–water partition coefficient (Wildman–Crippen LogP) is 4.55. The number of hydrogen-bond donors (Lipinski definition) is 6. The molecule has 8 aliphatic rings. The highest BCUT2D eigenvalue weighted by Gasteiger charge is 2.53. The minimum absolute atomic E-state index is 0.0131. The lowest BCUT2D eigenvalue weighted by atomic mass is 9.49. The third-order valence-corrected chi connectivity index (χ3v) is 15.2. The zero-order valence-corrected chi connectivity index (χ0v) is 34.6. The minimum Gasteiger partial charge on any atom is -0.354 e. The molecule has 0 heterocycles. The van der Waals surface area contributed by atoms with E-state index in [1.54, 1.807) is 4.90 Å². The van der Waals surface area contributed by atoms with Crippen LogP contribution in [0.4, 0.5) is 0 Å². The summed E-state index contributed by atoms with van der Waals surface area (Å²) in [5, 5.41) is 9.55. The highest BCUT2D eigenvalue weighted by Crippen LogP contribution is 2.62. The maximum absolute atomic E-state index is 14.7. The SMILES string of the molecule is NCCCC[C@H](NC(=O)[C@@H](N)CCCCN)C(=O)N[C@@H](Cc1ccccc1)CN(CC(=O)NCC12CC3CC(CC(C3)C1)C2)C(=O)CC12CC3CC(CC(C3)C1)C2. The van der Waals surface area contributed by atoms with E-state index in [9.17, 15) is 19.2 Å².